The van der Waals surface area contributed by atoms with E-state index < -0.39 is 0 Å². The average Bonchev–Trinajstić information content (AvgIpc) is 2.83. The predicted molar refractivity (Wildman–Crippen MR) is 127 cm³/mol. The number of ether oxygens (including phenoxy) is 1. The summed E-state index contributed by atoms with van der Waals surface area (Å²) in [6, 6.07) is 25.4. The molecule has 4 nitrogen and oxygen atoms in total. The van der Waals surface area contributed by atoms with E-state index in [0.717, 1.165) is 28.0 Å². The van der Waals surface area contributed by atoms with Crippen molar-refractivity contribution < 1.29 is 4.74 Å². The number of amidine groups is 1. The first-order chi connectivity index (χ1) is 14.6. The van der Waals surface area contributed by atoms with Crippen LogP contribution in [0.3, 0.4) is 0 Å². The van der Waals surface area contributed by atoms with Gasteiger partial charge >= 0.3 is 0 Å². The van der Waals surface area contributed by atoms with Gasteiger partial charge in [0.15, 0.2) is 0 Å². The Labute approximate surface area is 178 Å². The van der Waals surface area contributed by atoms with Crippen LogP contribution in [0.4, 0.5) is 0 Å². The molecule has 0 saturated heterocycles. The number of benzene rings is 3. The Balaban J connectivity index is 0.000000216. The summed E-state index contributed by atoms with van der Waals surface area (Å²) in [5, 5.41) is 7.27. The largest absolute Gasteiger partial charge is 0.496 e. The van der Waals surface area contributed by atoms with Gasteiger partial charge in [-0.25, -0.2) is 0 Å². The summed E-state index contributed by atoms with van der Waals surface area (Å²) >= 11 is 0. The summed E-state index contributed by atoms with van der Waals surface area (Å²) in [4.78, 5) is 4.36. The van der Waals surface area contributed by atoms with Gasteiger partial charge in [-0.2, -0.15) is 0 Å². The van der Waals surface area contributed by atoms with Gasteiger partial charge in [0.1, 0.15) is 11.6 Å². The topological polar surface area (TPSA) is 71.5 Å². The van der Waals surface area contributed by atoms with E-state index in [2.05, 4.69) is 18.2 Å². The maximum atomic E-state index is 7.27. The maximum absolute atomic E-state index is 7.27. The zero-order valence-corrected chi connectivity index (χ0v) is 17.2. The van der Waals surface area contributed by atoms with Crippen molar-refractivity contribution in [2.45, 2.75) is 6.54 Å². The minimum absolute atomic E-state index is 0.587. The van der Waals surface area contributed by atoms with E-state index in [4.69, 9.17) is 15.9 Å². The fraction of sp³-hybridized carbons (Fsp3) is 0.0769. The SMILES string of the molecule is C=CC(=C)c1c(C=N)cccc1OC.NC(=NCc1ccccc1)c1ccccc1. The highest BCUT2D eigenvalue weighted by Crippen LogP contribution is 2.28. The summed E-state index contributed by atoms with van der Waals surface area (Å²) in [5.41, 5.74) is 10.4. The average molecular weight is 398 g/mol. The Kier molecular flexibility index (Phi) is 8.81. The molecule has 0 bridgehead atoms. The first kappa shape index (κ1) is 22.4. The molecule has 0 spiro atoms. The molecule has 0 aliphatic heterocycles. The van der Waals surface area contributed by atoms with Crippen molar-refractivity contribution in [2.24, 2.45) is 10.7 Å². The van der Waals surface area contributed by atoms with Crippen molar-refractivity contribution in [2.75, 3.05) is 7.11 Å². The van der Waals surface area contributed by atoms with Crippen molar-refractivity contribution >= 4 is 17.6 Å². The number of methoxy groups -OCH3 is 1. The number of nitrogens with one attached hydrogen (secondary N) is 1. The van der Waals surface area contributed by atoms with Gasteiger partial charge < -0.3 is 15.9 Å². The van der Waals surface area contributed by atoms with Crippen LogP contribution in [0.2, 0.25) is 0 Å². The van der Waals surface area contributed by atoms with Crippen molar-refractivity contribution in [1.82, 2.24) is 0 Å². The molecule has 30 heavy (non-hydrogen) atoms. The van der Waals surface area contributed by atoms with Crippen LogP contribution >= 0.6 is 0 Å². The van der Waals surface area contributed by atoms with Gasteiger partial charge in [-0.1, -0.05) is 92.0 Å². The van der Waals surface area contributed by atoms with Crippen molar-refractivity contribution in [1.29, 1.82) is 5.41 Å². The quantitative estimate of drug-likeness (QED) is 0.315. The van der Waals surface area contributed by atoms with Gasteiger partial charge in [-0.3, -0.25) is 4.99 Å². The smallest absolute Gasteiger partial charge is 0.127 e. The Hall–Kier alpha value is -3.92. The molecule has 0 atom stereocenters. The minimum atomic E-state index is 0.587. The Bertz CT molecular complexity index is 1010. The van der Waals surface area contributed by atoms with Crippen LogP contribution in [-0.2, 0) is 6.54 Å². The lowest BCUT2D eigenvalue weighted by Gasteiger charge is -2.10. The molecule has 0 radical (unpaired) electrons. The molecule has 3 aromatic carbocycles. The Morgan fingerprint density at radius 2 is 1.63 bits per heavy atom. The number of rotatable bonds is 7. The molecule has 0 unspecified atom stereocenters. The second-order valence-corrected chi connectivity index (χ2v) is 6.35. The molecule has 4 heteroatoms. The van der Waals surface area contributed by atoms with Gasteiger partial charge in [0, 0.05) is 22.9 Å². The monoisotopic (exact) mass is 397 g/mol. The van der Waals surface area contributed by atoms with E-state index in [1.54, 1.807) is 13.2 Å². The molecule has 152 valence electrons. The van der Waals surface area contributed by atoms with Crippen molar-refractivity contribution in [3.63, 3.8) is 0 Å². The first-order valence-corrected chi connectivity index (χ1v) is 9.49. The Morgan fingerprint density at radius 3 is 2.20 bits per heavy atom. The molecule has 0 aliphatic rings. The van der Waals surface area contributed by atoms with E-state index in [-0.39, 0.29) is 0 Å². The molecular formula is C26H27N3O. The summed E-state index contributed by atoms with van der Waals surface area (Å²) < 4.78 is 5.20. The van der Waals surface area contributed by atoms with Gasteiger partial charge in [0.25, 0.3) is 0 Å². The lowest BCUT2D eigenvalue weighted by molar-refractivity contribution is 0.413. The summed E-state index contributed by atoms with van der Waals surface area (Å²) in [7, 11) is 1.60. The molecular weight excluding hydrogens is 370 g/mol. The number of nitrogens with two attached hydrogens (primary N) is 1. The normalized spacial score (nSPS) is 10.4. The van der Waals surface area contributed by atoms with Crippen LogP contribution < -0.4 is 10.5 Å². The van der Waals surface area contributed by atoms with Crippen LogP contribution in [0, 0.1) is 5.41 Å². The van der Waals surface area contributed by atoms with Crippen molar-refractivity contribution in [3.05, 3.63) is 120 Å². The van der Waals surface area contributed by atoms with Gasteiger partial charge in [-0.15, -0.1) is 0 Å². The lowest BCUT2D eigenvalue weighted by atomic mass is 10.0. The molecule has 0 fully saturated rings. The summed E-state index contributed by atoms with van der Waals surface area (Å²) in [6.07, 6.45) is 2.94. The highest BCUT2D eigenvalue weighted by Gasteiger charge is 2.08. The standard InChI is InChI=1S/C14H14N2.C12H13NO/c15-14(13-9-5-2-6-10-13)16-11-12-7-3-1-4-8-12;1-4-9(2)12-10(8-13)6-5-7-11(12)14-3/h1-10H,11H2,(H2,15,16);4-8,13H,1-2H2,3H3. The third-order valence-corrected chi connectivity index (χ3v) is 4.35. The molecule has 0 aliphatic carbocycles. The van der Waals surface area contributed by atoms with E-state index in [1.807, 2.05) is 78.9 Å². The number of hydrogen-bond donors (Lipinski definition) is 2. The lowest BCUT2D eigenvalue weighted by Crippen LogP contribution is -2.13. The first-order valence-electron chi connectivity index (χ1n) is 9.49. The van der Waals surface area contributed by atoms with Crippen molar-refractivity contribution in [3.8, 4) is 5.75 Å². The molecule has 3 aromatic rings. The van der Waals surface area contributed by atoms with Crippen LogP contribution in [0.25, 0.3) is 5.57 Å². The second kappa shape index (κ2) is 11.8. The number of allylic oxidation sites excluding steroid dienone is 2. The molecule has 3 rings (SSSR count). The third-order valence-electron chi connectivity index (χ3n) is 4.35. The summed E-state index contributed by atoms with van der Waals surface area (Å²) in [5.74, 6) is 1.31. The number of nitrogens with zero attached hydrogens (tertiary/aromatic N) is 1. The van der Waals surface area contributed by atoms with Gasteiger partial charge in [0.05, 0.1) is 13.7 Å². The van der Waals surface area contributed by atoms with E-state index in [9.17, 15) is 0 Å². The highest BCUT2D eigenvalue weighted by atomic mass is 16.5. The highest BCUT2D eigenvalue weighted by molar-refractivity contribution is 5.97. The fourth-order valence-electron chi connectivity index (χ4n) is 2.74. The van der Waals surface area contributed by atoms with Gasteiger partial charge in [0.2, 0.25) is 0 Å². The predicted octanol–water partition coefficient (Wildman–Crippen LogP) is 5.48. The number of hydrogen-bond acceptors (Lipinski definition) is 3. The maximum Gasteiger partial charge on any atom is 0.127 e. The molecule has 0 aromatic heterocycles. The second-order valence-electron chi connectivity index (χ2n) is 6.35. The Morgan fingerprint density at radius 1 is 1.00 bits per heavy atom. The fourth-order valence-corrected chi connectivity index (χ4v) is 2.74. The van der Waals surface area contributed by atoms with Crippen LogP contribution in [0.5, 0.6) is 5.75 Å². The molecule has 3 N–H and O–H groups in total. The third kappa shape index (κ3) is 6.31. The van der Waals surface area contributed by atoms with Crippen LogP contribution in [0.15, 0.2) is 103 Å². The van der Waals surface area contributed by atoms with Gasteiger partial charge in [-0.05, 0) is 17.2 Å². The number of aliphatic imine (C=N–C) groups is 1. The van der Waals surface area contributed by atoms with E-state index in [1.165, 1.54) is 11.8 Å². The molecule has 0 heterocycles. The van der Waals surface area contributed by atoms with E-state index >= 15 is 0 Å². The van der Waals surface area contributed by atoms with Crippen LogP contribution in [-0.4, -0.2) is 19.2 Å². The minimum Gasteiger partial charge on any atom is -0.496 e. The molecule has 0 saturated carbocycles. The summed E-state index contributed by atoms with van der Waals surface area (Å²) in [6.45, 7) is 8.14. The van der Waals surface area contributed by atoms with Crippen LogP contribution in [0.1, 0.15) is 22.3 Å². The zero-order valence-electron chi connectivity index (χ0n) is 17.2. The zero-order chi connectivity index (χ0) is 21.8. The van der Waals surface area contributed by atoms with E-state index in [0.29, 0.717) is 12.4 Å². The molecule has 0 amide bonds.